The molecule has 0 aliphatic rings. The van der Waals surface area contributed by atoms with E-state index in [1.165, 1.54) is 13.2 Å². The van der Waals surface area contributed by atoms with Crippen molar-refractivity contribution in [2.75, 3.05) is 20.8 Å². The van der Waals surface area contributed by atoms with Crippen molar-refractivity contribution in [2.45, 2.75) is 19.8 Å². The second kappa shape index (κ2) is 9.26. The monoisotopic (exact) mass is 409 g/mol. The van der Waals surface area contributed by atoms with Gasteiger partial charge in [-0.3, -0.25) is 9.59 Å². The summed E-state index contributed by atoms with van der Waals surface area (Å²) in [7, 11) is 3.07. The predicted octanol–water partition coefficient (Wildman–Crippen LogP) is 3.05. The molecule has 7 nitrogen and oxygen atoms in total. The van der Waals surface area contributed by atoms with Crippen molar-refractivity contribution in [3.05, 3.63) is 69.6 Å². The largest absolute Gasteiger partial charge is 0.497 e. The molecule has 0 spiro atoms. The van der Waals surface area contributed by atoms with Gasteiger partial charge in [0.25, 0.3) is 0 Å². The number of hydrogen-bond donors (Lipinski definition) is 1. The molecule has 0 radical (unpaired) electrons. The van der Waals surface area contributed by atoms with Crippen molar-refractivity contribution in [2.24, 2.45) is 0 Å². The van der Waals surface area contributed by atoms with Gasteiger partial charge in [0.15, 0.2) is 5.78 Å². The van der Waals surface area contributed by atoms with Gasteiger partial charge < -0.3 is 19.2 Å². The molecular weight excluding hydrogens is 386 g/mol. The molecule has 156 valence electrons. The number of benzene rings is 2. The van der Waals surface area contributed by atoms with Crippen LogP contribution in [0.25, 0.3) is 11.0 Å². The molecule has 1 N–H and O–H groups in total. The first-order valence-electron chi connectivity index (χ1n) is 9.46. The summed E-state index contributed by atoms with van der Waals surface area (Å²) in [6.45, 7) is 1.75. The molecule has 0 bridgehead atoms. The number of methoxy groups -OCH3 is 2. The van der Waals surface area contributed by atoms with Crippen LogP contribution in [0, 0.1) is 6.92 Å². The van der Waals surface area contributed by atoms with Gasteiger partial charge in [0.05, 0.1) is 20.8 Å². The van der Waals surface area contributed by atoms with Crippen LogP contribution in [0.15, 0.2) is 51.7 Å². The van der Waals surface area contributed by atoms with Crippen LogP contribution in [0.5, 0.6) is 11.5 Å². The van der Waals surface area contributed by atoms with Crippen molar-refractivity contribution in [1.82, 2.24) is 5.32 Å². The van der Waals surface area contributed by atoms with Gasteiger partial charge in [0.2, 0.25) is 5.91 Å². The molecule has 30 heavy (non-hydrogen) atoms. The minimum absolute atomic E-state index is 0.0791. The number of Topliss-reactive ketones (excluding diaryl/α,β-unsaturated/α-hetero) is 1. The van der Waals surface area contributed by atoms with Gasteiger partial charge in [0.1, 0.15) is 17.1 Å². The number of fused-ring (bicyclic) bond motifs is 1. The summed E-state index contributed by atoms with van der Waals surface area (Å²) in [5, 5.41) is 3.44. The molecule has 0 aliphatic heterocycles. The molecule has 0 aliphatic carbocycles. The molecule has 3 aromatic rings. The van der Waals surface area contributed by atoms with Gasteiger partial charge in [-0.25, -0.2) is 4.79 Å². The average Bonchev–Trinajstić information content (AvgIpc) is 2.75. The summed E-state index contributed by atoms with van der Waals surface area (Å²) >= 11 is 0. The highest BCUT2D eigenvalue weighted by atomic mass is 16.5. The normalized spacial score (nSPS) is 10.6. The minimum atomic E-state index is -0.421. The van der Waals surface area contributed by atoms with Gasteiger partial charge in [-0.1, -0.05) is 0 Å². The van der Waals surface area contributed by atoms with E-state index in [2.05, 4.69) is 5.32 Å². The van der Waals surface area contributed by atoms with Crippen molar-refractivity contribution in [3.8, 4) is 11.5 Å². The minimum Gasteiger partial charge on any atom is -0.497 e. The lowest BCUT2D eigenvalue weighted by molar-refractivity contribution is -0.120. The molecule has 0 saturated heterocycles. The van der Waals surface area contributed by atoms with Gasteiger partial charge in [0, 0.05) is 29.5 Å². The van der Waals surface area contributed by atoms with Gasteiger partial charge in [-0.05, 0) is 54.8 Å². The number of carbonyl (C=O) groups is 2. The first kappa shape index (κ1) is 21.1. The Balaban J connectivity index is 1.63. The number of amides is 1. The average molecular weight is 409 g/mol. The summed E-state index contributed by atoms with van der Waals surface area (Å²) < 4.78 is 15.7. The third-order valence-corrected chi connectivity index (χ3v) is 4.83. The molecule has 2 aromatic carbocycles. The molecule has 0 saturated carbocycles. The van der Waals surface area contributed by atoms with Gasteiger partial charge in [-0.15, -0.1) is 0 Å². The number of carbonyl (C=O) groups excluding carboxylic acids is 2. The summed E-state index contributed by atoms with van der Waals surface area (Å²) in [4.78, 5) is 36.0. The number of hydrogen-bond acceptors (Lipinski definition) is 6. The quantitative estimate of drug-likeness (QED) is 0.454. The predicted molar refractivity (Wildman–Crippen MR) is 112 cm³/mol. The Morgan fingerprint density at radius 3 is 2.43 bits per heavy atom. The van der Waals surface area contributed by atoms with E-state index >= 15 is 0 Å². The van der Waals surface area contributed by atoms with Crippen molar-refractivity contribution < 1.29 is 23.5 Å². The van der Waals surface area contributed by atoms with E-state index in [0.717, 1.165) is 16.5 Å². The first-order valence-corrected chi connectivity index (χ1v) is 9.46. The van der Waals surface area contributed by atoms with Crippen LogP contribution in [0.1, 0.15) is 27.9 Å². The van der Waals surface area contributed by atoms with Crippen LogP contribution in [-0.2, 0) is 11.2 Å². The second-order valence-corrected chi connectivity index (χ2v) is 6.84. The van der Waals surface area contributed by atoms with Crippen LogP contribution in [0.2, 0.25) is 0 Å². The fourth-order valence-electron chi connectivity index (χ4n) is 3.17. The van der Waals surface area contributed by atoms with Gasteiger partial charge >= 0.3 is 5.63 Å². The standard InChI is InChI=1S/C23H23NO6/c1-14-10-23(27)30-21-12-20(29-3)16(11-18(14)21)6-9-22(26)24-13-19(25)15-4-7-17(28-2)8-5-15/h4-5,7-8,10-12H,6,9,13H2,1-3H3,(H,24,26). The van der Waals surface area contributed by atoms with Crippen molar-refractivity contribution in [1.29, 1.82) is 0 Å². The number of ether oxygens (including phenoxy) is 2. The Kier molecular flexibility index (Phi) is 6.51. The Morgan fingerprint density at radius 1 is 1.03 bits per heavy atom. The summed E-state index contributed by atoms with van der Waals surface area (Å²) in [6.07, 6.45) is 0.605. The second-order valence-electron chi connectivity index (χ2n) is 6.84. The fourth-order valence-corrected chi connectivity index (χ4v) is 3.17. The highest BCUT2D eigenvalue weighted by Gasteiger charge is 2.13. The smallest absolute Gasteiger partial charge is 0.336 e. The van der Waals surface area contributed by atoms with Crippen LogP contribution in [0.3, 0.4) is 0 Å². The SMILES string of the molecule is COc1ccc(C(=O)CNC(=O)CCc2cc3c(C)cc(=O)oc3cc2OC)cc1. The van der Waals surface area contributed by atoms with Crippen molar-refractivity contribution in [3.63, 3.8) is 0 Å². The first-order chi connectivity index (χ1) is 14.4. The van der Waals surface area contributed by atoms with Gasteiger partial charge in [-0.2, -0.15) is 0 Å². The maximum atomic E-state index is 12.2. The summed E-state index contributed by atoms with van der Waals surface area (Å²) in [6, 6.07) is 11.7. The van der Waals surface area contributed by atoms with E-state index in [4.69, 9.17) is 13.9 Å². The van der Waals surface area contributed by atoms with Crippen LogP contribution < -0.4 is 20.4 Å². The highest BCUT2D eigenvalue weighted by Crippen LogP contribution is 2.28. The molecular formula is C23H23NO6. The van der Waals surface area contributed by atoms with E-state index in [0.29, 0.717) is 29.1 Å². The van der Waals surface area contributed by atoms with E-state index in [-0.39, 0.29) is 24.7 Å². The molecule has 0 fully saturated rings. The van der Waals surface area contributed by atoms with E-state index in [9.17, 15) is 14.4 Å². The molecule has 1 heterocycles. The Morgan fingerprint density at radius 2 is 1.77 bits per heavy atom. The molecule has 1 amide bonds. The zero-order chi connectivity index (χ0) is 21.7. The third-order valence-electron chi connectivity index (χ3n) is 4.83. The summed E-state index contributed by atoms with van der Waals surface area (Å²) in [5.41, 5.74) is 2.13. The third kappa shape index (κ3) is 4.86. The van der Waals surface area contributed by atoms with E-state index in [1.54, 1.807) is 37.4 Å². The lowest BCUT2D eigenvalue weighted by Gasteiger charge is -2.11. The number of ketones is 1. The van der Waals surface area contributed by atoms with E-state index in [1.807, 2.05) is 13.0 Å². The fraction of sp³-hybridized carbons (Fsp3) is 0.261. The Hall–Kier alpha value is -3.61. The number of nitrogens with one attached hydrogen (secondary N) is 1. The maximum Gasteiger partial charge on any atom is 0.336 e. The lowest BCUT2D eigenvalue weighted by atomic mass is 10.0. The van der Waals surface area contributed by atoms with Crippen molar-refractivity contribution >= 4 is 22.7 Å². The van der Waals surface area contributed by atoms with E-state index < -0.39 is 5.63 Å². The van der Waals surface area contributed by atoms with Crippen LogP contribution >= 0.6 is 0 Å². The lowest BCUT2D eigenvalue weighted by Crippen LogP contribution is -2.29. The number of rotatable bonds is 8. The molecule has 1 aromatic heterocycles. The topological polar surface area (TPSA) is 94.8 Å². The molecule has 3 rings (SSSR count). The van der Waals surface area contributed by atoms with Crippen LogP contribution in [-0.4, -0.2) is 32.5 Å². The Bertz CT molecular complexity index is 1130. The maximum absolute atomic E-state index is 12.2. The molecule has 7 heteroatoms. The molecule has 0 atom stereocenters. The zero-order valence-electron chi connectivity index (χ0n) is 17.1. The highest BCUT2D eigenvalue weighted by molar-refractivity contribution is 5.99. The molecule has 0 unspecified atom stereocenters. The van der Waals surface area contributed by atoms with Crippen LogP contribution in [0.4, 0.5) is 0 Å². The number of aryl methyl sites for hydroxylation is 2. The summed E-state index contributed by atoms with van der Waals surface area (Å²) in [5.74, 6) is 0.781. The zero-order valence-corrected chi connectivity index (χ0v) is 17.1. The Labute approximate surface area is 173 Å².